The van der Waals surface area contributed by atoms with Crippen LogP contribution in [0.15, 0.2) is 42.0 Å². The summed E-state index contributed by atoms with van der Waals surface area (Å²) in [6, 6.07) is 8.94. The normalized spacial score (nSPS) is 17.1. The van der Waals surface area contributed by atoms with Crippen molar-refractivity contribution in [2.24, 2.45) is 0 Å². The molecule has 188 valence electrons. The minimum atomic E-state index is -0.854. The van der Waals surface area contributed by atoms with Gasteiger partial charge in [-0.15, -0.1) is 0 Å². The summed E-state index contributed by atoms with van der Waals surface area (Å²) >= 11 is 0. The van der Waals surface area contributed by atoms with Crippen molar-refractivity contribution in [2.75, 3.05) is 55.6 Å². The van der Waals surface area contributed by atoms with E-state index in [0.717, 1.165) is 6.54 Å². The molecular formula is C26H32N2O7. The Labute approximate surface area is 205 Å². The molecule has 35 heavy (non-hydrogen) atoms. The average molecular weight is 485 g/mol. The van der Waals surface area contributed by atoms with Gasteiger partial charge in [-0.1, -0.05) is 17.9 Å². The number of quaternary nitrogens is 1. The van der Waals surface area contributed by atoms with E-state index in [1.807, 2.05) is 14.1 Å². The summed E-state index contributed by atoms with van der Waals surface area (Å²) < 4.78 is 21.3. The van der Waals surface area contributed by atoms with Gasteiger partial charge in [0.25, 0.3) is 5.91 Å². The number of likely N-dealkylation sites (tertiary alicyclic amines) is 1. The van der Waals surface area contributed by atoms with Crippen LogP contribution < -0.4 is 29.0 Å². The van der Waals surface area contributed by atoms with Crippen molar-refractivity contribution < 1.29 is 38.5 Å². The second-order valence-corrected chi connectivity index (χ2v) is 8.47. The Bertz CT molecular complexity index is 1130. The summed E-state index contributed by atoms with van der Waals surface area (Å²) in [5.74, 6) is -0.292. The number of methoxy groups -OCH3 is 4. The van der Waals surface area contributed by atoms with Crippen LogP contribution in [0.4, 0.5) is 0 Å². The third-order valence-corrected chi connectivity index (χ3v) is 5.97. The van der Waals surface area contributed by atoms with Crippen molar-refractivity contribution in [3.05, 3.63) is 53.1 Å². The van der Waals surface area contributed by atoms with Crippen LogP contribution in [0.25, 0.3) is 5.76 Å². The van der Waals surface area contributed by atoms with E-state index in [0.29, 0.717) is 41.5 Å². The highest BCUT2D eigenvalue weighted by atomic mass is 16.5. The van der Waals surface area contributed by atoms with Crippen LogP contribution in [-0.4, -0.2) is 72.2 Å². The van der Waals surface area contributed by atoms with E-state index in [1.165, 1.54) is 44.3 Å². The second-order valence-electron chi connectivity index (χ2n) is 8.47. The summed E-state index contributed by atoms with van der Waals surface area (Å²) in [5, 5.41) is 13.7. The molecule has 2 aromatic carbocycles. The fraction of sp³-hybridized carbons (Fsp3) is 0.385. The Morgan fingerprint density at radius 1 is 0.886 bits per heavy atom. The number of ketones is 1. The molecule has 1 heterocycles. The van der Waals surface area contributed by atoms with Gasteiger partial charge in [0, 0.05) is 18.5 Å². The molecule has 1 N–H and O–H groups in total. The van der Waals surface area contributed by atoms with Gasteiger partial charge in [-0.2, -0.15) is 0 Å². The summed E-state index contributed by atoms with van der Waals surface area (Å²) in [4.78, 5) is 29.0. The molecule has 1 unspecified atom stereocenters. The van der Waals surface area contributed by atoms with Crippen molar-refractivity contribution in [3.8, 4) is 23.0 Å². The first kappa shape index (κ1) is 25.9. The fourth-order valence-corrected chi connectivity index (χ4v) is 4.21. The molecule has 1 atom stereocenters. The van der Waals surface area contributed by atoms with Gasteiger partial charge in [-0.25, -0.2) is 0 Å². The van der Waals surface area contributed by atoms with Gasteiger partial charge in [0.1, 0.15) is 0 Å². The van der Waals surface area contributed by atoms with E-state index in [2.05, 4.69) is 0 Å². The number of rotatable bonds is 10. The molecular weight excluding hydrogens is 452 g/mol. The second kappa shape index (κ2) is 11.1. The third kappa shape index (κ3) is 5.19. The molecule has 0 spiro atoms. The number of hydrogen-bond acceptors (Lipinski definition) is 7. The maximum Gasteiger partial charge on any atom is 0.295 e. The van der Waals surface area contributed by atoms with E-state index < -0.39 is 23.5 Å². The first-order chi connectivity index (χ1) is 16.8. The van der Waals surface area contributed by atoms with E-state index in [4.69, 9.17) is 18.9 Å². The van der Waals surface area contributed by atoms with Crippen molar-refractivity contribution in [1.82, 2.24) is 4.90 Å². The molecule has 9 heteroatoms. The quantitative estimate of drug-likeness (QED) is 0.297. The van der Waals surface area contributed by atoms with E-state index in [9.17, 15) is 14.7 Å². The Hall–Kier alpha value is -3.72. The minimum absolute atomic E-state index is 0.105. The van der Waals surface area contributed by atoms with Crippen molar-refractivity contribution >= 4 is 17.4 Å². The zero-order valence-corrected chi connectivity index (χ0v) is 21.0. The molecule has 1 saturated heterocycles. The largest absolute Gasteiger partial charge is 0.872 e. The van der Waals surface area contributed by atoms with Gasteiger partial charge < -0.3 is 33.9 Å². The molecule has 1 aliphatic rings. The van der Waals surface area contributed by atoms with Crippen molar-refractivity contribution in [3.63, 3.8) is 0 Å². The fourth-order valence-electron chi connectivity index (χ4n) is 4.21. The highest BCUT2D eigenvalue weighted by Crippen LogP contribution is 2.42. The number of carbonyl (C=O) groups is 2. The van der Waals surface area contributed by atoms with Crippen LogP contribution >= 0.6 is 0 Å². The van der Waals surface area contributed by atoms with Crippen LogP contribution in [0.5, 0.6) is 23.0 Å². The molecule has 1 fully saturated rings. The van der Waals surface area contributed by atoms with Gasteiger partial charge in [0.2, 0.25) is 5.78 Å². The van der Waals surface area contributed by atoms with Crippen molar-refractivity contribution in [1.29, 1.82) is 0 Å². The summed E-state index contributed by atoms with van der Waals surface area (Å²) in [5.41, 5.74) is 0.707. The monoisotopic (exact) mass is 484 g/mol. The smallest absolute Gasteiger partial charge is 0.295 e. The van der Waals surface area contributed by atoms with E-state index in [1.54, 1.807) is 30.3 Å². The van der Waals surface area contributed by atoms with Gasteiger partial charge in [0.15, 0.2) is 23.0 Å². The summed E-state index contributed by atoms with van der Waals surface area (Å²) in [6.07, 6.45) is 0.670. The predicted molar refractivity (Wildman–Crippen MR) is 128 cm³/mol. The molecule has 0 aliphatic carbocycles. The average Bonchev–Trinajstić information content (AvgIpc) is 3.12. The van der Waals surface area contributed by atoms with Gasteiger partial charge in [-0.05, 0) is 35.4 Å². The van der Waals surface area contributed by atoms with Gasteiger partial charge in [-0.3, -0.25) is 9.59 Å². The van der Waals surface area contributed by atoms with Crippen molar-refractivity contribution in [2.45, 2.75) is 12.5 Å². The van der Waals surface area contributed by atoms with Gasteiger partial charge in [0.05, 0.1) is 55.1 Å². The van der Waals surface area contributed by atoms with Crippen LogP contribution in [0.1, 0.15) is 23.6 Å². The Morgan fingerprint density at radius 2 is 1.46 bits per heavy atom. The predicted octanol–water partition coefficient (Wildman–Crippen LogP) is 0.480. The van der Waals surface area contributed by atoms with Crippen LogP contribution in [0.2, 0.25) is 0 Å². The Kier molecular flexibility index (Phi) is 8.24. The number of hydrogen-bond donors (Lipinski definition) is 1. The topological polar surface area (TPSA) is 102 Å². The number of carbonyl (C=O) groups excluding carboxylic acids is 2. The molecule has 0 aromatic heterocycles. The molecule has 0 bridgehead atoms. The number of nitrogens with one attached hydrogen (secondary N) is 1. The molecule has 9 nitrogen and oxygen atoms in total. The molecule has 1 amide bonds. The van der Waals surface area contributed by atoms with E-state index in [-0.39, 0.29) is 11.1 Å². The van der Waals surface area contributed by atoms with Crippen LogP contribution in [-0.2, 0) is 9.59 Å². The number of nitrogens with zero attached hydrogens (tertiary/aromatic N) is 1. The maximum absolute atomic E-state index is 13.7. The zero-order valence-electron chi connectivity index (χ0n) is 21.0. The number of amides is 1. The lowest BCUT2D eigenvalue weighted by Crippen LogP contribution is -3.05. The molecule has 2 aromatic rings. The zero-order chi connectivity index (χ0) is 25.7. The number of ether oxygens (including phenoxy) is 4. The summed E-state index contributed by atoms with van der Waals surface area (Å²) in [7, 11) is 10.0. The Morgan fingerprint density at radius 3 is 2.03 bits per heavy atom. The van der Waals surface area contributed by atoms with Crippen LogP contribution in [0.3, 0.4) is 0 Å². The number of Topliss-reactive ketones (excluding diaryl/α,β-unsaturated/α-hetero) is 1. The summed E-state index contributed by atoms with van der Waals surface area (Å²) in [6.45, 7) is 1.13. The van der Waals surface area contributed by atoms with Crippen LogP contribution in [0, 0.1) is 0 Å². The highest BCUT2D eigenvalue weighted by molar-refractivity contribution is 6.46. The first-order valence-corrected chi connectivity index (χ1v) is 11.3. The molecule has 1 aliphatic heterocycles. The third-order valence-electron chi connectivity index (χ3n) is 5.97. The molecule has 3 rings (SSSR count). The Balaban J connectivity index is 2.17. The minimum Gasteiger partial charge on any atom is -0.872 e. The van der Waals surface area contributed by atoms with E-state index >= 15 is 0 Å². The molecule has 0 radical (unpaired) electrons. The lowest BCUT2D eigenvalue weighted by atomic mass is 9.94. The SMILES string of the molecule is COc1ccc(/C([O-])=C2\C(=O)C(=O)N(CCC[NH+](C)C)C2c2ccc(OC)c(OC)c2)cc1OC. The maximum atomic E-state index is 13.7. The van der Waals surface area contributed by atoms with Gasteiger partial charge >= 0.3 is 0 Å². The lowest BCUT2D eigenvalue weighted by Gasteiger charge is -2.28. The first-order valence-electron chi connectivity index (χ1n) is 11.3. The lowest BCUT2D eigenvalue weighted by molar-refractivity contribution is -0.858. The standard InChI is InChI=1S/C26H32N2O7/c1-27(2)12-7-13-28-23(16-8-10-18(32-3)20(14-16)34-5)22(25(30)26(28)31)24(29)17-9-11-19(33-4)21(15-17)35-6/h8-11,14-15,23,29H,7,12-13H2,1-6H3/b24-22+. The molecule has 0 saturated carbocycles. The highest BCUT2D eigenvalue weighted by Gasteiger charge is 2.44. The number of benzene rings is 2.